The number of hydrogen-bond donors (Lipinski definition) is 1. The summed E-state index contributed by atoms with van der Waals surface area (Å²) in [6.45, 7) is 3.76. The highest BCUT2D eigenvalue weighted by molar-refractivity contribution is 5.42. The van der Waals surface area contributed by atoms with E-state index >= 15 is 0 Å². The van der Waals surface area contributed by atoms with Crippen molar-refractivity contribution in [2.45, 2.75) is 31.9 Å². The molecule has 4 heteroatoms. The number of methoxy groups -OCH3 is 2. The topological polar surface area (TPSA) is 41.9 Å². The highest BCUT2D eigenvalue weighted by Crippen LogP contribution is 2.32. The van der Waals surface area contributed by atoms with Crippen LogP contribution in [0.5, 0.6) is 11.5 Å². The van der Waals surface area contributed by atoms with E-state index in [1.165, 1.54) is 12.8 Å². The summed E-state index contributed by atoms with van der Waals surface area (Å²) < 4.78 is 10.5. The van der Waals surface area contributed by atoms with Crippen LogP contribution in [0.2, 0.25) is 0 Å². The fourth-order valence-corrected chi connectivity index (χ4v) is 2.39. The lowest BCUT2D eigenvalue weighted by Gasteiger charge is -2.24. The number of nitrogens with zero attached hydrogens (tertiary/aromatic N) is 1. The molecule has 1 aliphatic carbocycles. The minimum Gasteiger partial charge on any atom is -0.497 e. The van der Waals surface area contributed by atoms with E-state index < -0.39 is 6.10 Å². The molecular weight excluding hydrogens is 242 g/mol. The van der Waals surface area contributed by atoms with Crippen LogP contribution in [0, 0.1) is 0 Å². The van der Waals surface area contributed by atoms with E-state index in [2.05, 4.69) is 11.8 Å². The van der Waals surface area contributed by atoms with Gasteiger partial charge in [0.1, 0.15) is 11.5 Å². The highest BCUT2D eigenvalue weighted by Gasteiger charge is 2.29. The molecule has 0 bridgehead atoms. The summed E-state index contributed by atoms with van der Waals surface area (Å²) in [6, 6.07) is 6.20. The van der Waals surface area contributed by atoms with Gasteiger partial charge in [-0.15, -0.1) is 0 Å². The Labute approximate surface area is 114 Å². The van der Waals surface area contributed by atoms with Gasteiger partial charge in [-0.05, 0) is 31.5 Å². The first-order valence-corrected chi connectivity index (χ1v) is 6.83. The number of likely N-dealkylation sites (N-methyl/N-ethyl adjacent to an activating group) is 1. The standard InChI is InChI=1S/C15H23NO3/c1-4-16(11-5-6-11)10-14(17)13-8-7-12(18-2)9-15(13)19-3/h7-9,11,14,17H,4-6,10H2,1-3H3. The molecule has 1 N–H and O–H groups in total. The third-order valence-electron chi connectivity index (χ3n) is 3.68. The molecule has 0 aliphatic heterocycles. The Kier molecular flexibility index (Phi) is 4.66. The van der Waals surface area contributed by atoms with Crippen LogP contribution in [0.1, 0.15) is 31.4 Å². The maximum Gasteiger partial charge on any atom is 0.128 e. The lowest BCUT2D eigenvalue weighted by Crippen LogP contribution is -2.30. The normalized spacial score (nSPS) is 16.5. The Bertz CT molecular complexity index is 418. The van der Waals surface area contributed by atoms with Gasteiger partial charge in [-0.2, -0.15) is 0 Å². The molecule has 2 rings (SSSR count). The minimum atomic E-state index is -0.526. The molecule has 1 unspecified atom stereocenters. The van der Waals surface area contributed by atoms with Gasteiger partial charge in [-0.25, -0.2) is 0 Å². The van der Waals surface area contributed by atoms with E-state index in [4.69, 9.17) is 9.47 Å². The Balaban J connectivity index is 2.10. The van der Waals surface area contributed by atoms with Crippen molar-refractivity contribution in [1.82, 2.24) is 4.90 Å². The minimum absolute atomic E-state index is 0.526. The number of hydrogen-bond acceptors (Lipinski definition) is 4. The molecule has 1 aromatic rings. The molecule has 106 valence electrons. The highest BCUT2D eigenvalue weighted by atomic mass is 16.5. The molecule has 0 aromatic heterocycles. The van der Waals surface area contributed by atoms with Crippen LogP contribution < -0.4 is 9.47 Å². The zero-order valence-corrected chi connectivity index (χ0v) is 11.9. The Morgan fingerprint density at radius 3 is 2.58 bits per heavy atom. The number of benzene rings is 1. The van der Waals surface area contributed by atoms with Crippen molar-refractivity contribution >= 4 is 0 Å². The lowest BCUT2D eigenvalue weighted by atomic mass is 10.1. The summed E-state index contributed by atoms with van der Waals surface area (Å²) in [6.07, 6.45) is 1.97. The fourth-order valence-electron chi connectivity index (χ4n) is 2.39. The molecule has 1 atom stereocenters. The first-order valence-electron chi connectivity index (χ1n) is 6.83. The third kappa shape index (κ3) is 3.39. The van der Waals surface area contributed by atoms with Crippen molar-refractivity contribution in [3.8, 4) is 11.5 Å². The average molecular weight is 265 g/mol. The molecule has 0 spiro atoms. The second kappa shape index (κ2) is 6.26. The summed E-state index contributed by atoms with van der Waals surface area (Å²) in [7, 11) is 3.24. The van der Waals surface area contributed by atoms with Crippen molar-refractivity contribution in [2.24, 2.45) is 0 Å². The first kappa shape index (κ1) is 14.2. The predicted molar refractivity (Wildman–Crippen MR) is 74.8 cm³/mol. The summed E-state index contributed by atoms with van der Waals surface area (Å²) in [5, 5.41) is 10.4. The van der Waals surface area contributed by atoms with Gasteiger partial charge < -0.3 is 14.6 Å². The largest absolute Gasteiger partial charge is 0.497 e. The van der Waals surface area contributed by atoms with Gasteiger partial charge in [0.15, 0.2) is 0 Å². The molecule has 4 nitrogen and oxygen atoms in total. The Morgan fingerprint density at radius 2 is 2.05 bits per heavy atom. The molecule has 1 aliphatic rings. The monoisotopic (exact) mass is 265 g/mol. The van der Waals surface area contributed by atoms with Crippen molar-refractivity contribution in [3.63, 3.8) is 0 Å². The first-order chi connectivity index (χ1) is 9.19. The summed E-state index contributed by atoms with van der Waals surface area (Å²) in [5.74, 6) is 1.42. The van der Waals surface area contributed by atoms with Crippen LogP contribution in [0.4, 0.5) is 0 Å². The van der Waals surface area contributed by atoms with Crippen LogP contribution in [0.25, 0.3) is 0 Å². The number of aliphatic hydroxyl groups is 1. The summed E-state index contributed by atoms with van der Waals surface area (Å²) >= 11 is 0. The zero-order valence-electron chi connectivity index (χ0n) is 11.9. The van der Waals surface area contributed by atoms with E-state index in [1.54, 1.807) is 14.2 Å². The summed E-state index contributed by atoms with van der Waals surface area (Å²) in [5.41, 5.74) is 0.822. The Morgan fingerprint density at radius 1 is 1.32 bits per heavy atom. The second-order valence-corrected chi connectivity index (χ2v) is 4.94. The molecule has 19 heavy (non-hydrogen) atoms. The zero-order chi connectivity index (χ0) is 13.8. The Hall–Kier alpha value is -1.26. The smallest absolute Gasteiger partial charge is 0.128 e. The van der Waals surface area contributed by atoms with Crippen LogP contribution in [-0.4, -0.2) is 43.4 Å². The van der Waals surface area contributed by atoms with Crippen LogP contribution in [-0.2, 0) is 0 Å². The summed E-state index contributed by atoms with van der Waals surface area (Å²) in [4.78, 5) is 2.33. The van der Waals surface area contributed by atoms with Gasteiger partial charge in [0, 0.05) is 24.2 Å². The maximum atomic E-state index is 10.4. The van der Waals surface area contributed by atoms with E-state index in [9.17, 15) is 5.11 Å². The molecular formula is C15H23NO3. The van der Waals surface area contributed by atoms with E-state index in [0.29, 0.717) is 18.3 Å². The van der Waals surface area contributed by atoms with Gasteiger partial charge in [0.05, 0.1) is 20.3 Å². The van der Waals surface area contributed by atoms with Crippen molar-refractivity contribution < 1.29 is 14.6 Å². The van der Waals surface area contributed by atoms with E-state index in [1.807, 2.05) is 18.2 Å². The molecule has 1 aromatic carbocycles. The van der Waals surface area contributed by atoms with Crippen LogP contribution in [0.3, 0.4) is 0 Å². The molecule has 0 radical (unpaired) electrons. The number of ether oxygens (including phenoxy) is 2. The van der Waals surface area contributed by atoms with E-state index in [-0.39, 0.29) is 0 Å². The molecule has 0 amide bonds. The fraction of sp³-hybridized carbons (Fsp3) is 0.600. The van der Waals surface area contributed by atoms with Gasteiger partial charge in [0.2, 0.25) is 0 Å². The third-order valence-corrected chi connectivity index (χ3v) is 3.68. The van der Waals surface area contributed by atoms with Gasteiger partial charge in [-0.1, -0.05) is 6.92 Å². The van der Waals surface area contributed by atoms with E-state index in [0.717, 1.165) is 17.9 Å². The molecule has 0 heterocycles. The molecule has 0 saturated heterocycles. The van der Waals surface area contributed by atoms with Crippen molar-refractivity contribution in [1.29, 1.82) is 0 Å². The average Bonchev–Trinajstić information content (AvgIpc) is 3.28. The molecule has 1 saturated carbocycles. The maximum absolute atomic E-state index is 10.4. The second-order valence-electron chi connectivity index (χ2n) is 4.94. The number of rotatable bonds is 7. The predicted octanol–water partition coefficient (Wildman–Crippen LogP) is 2.22. The van der Waals surface area contributed by atoms with Crippen molar-refractivity contribution in [3.05, 3.63) is 23.8 Å². The molecule has 1 fully saturated rings. The van der Waals surface area contributed by atoms with Gasteiger partial charge in [0.25, 0.3) is 0 Å². The lowest BCUT2D eigenvalue weighted by molar-refractivity contribution is 0.109. The van der Waals surface area contributed by atoms with Crippen molar-refractivity contribution in [2.75, 3.05) is 27.3 Å². The van der Waals surface area contributed by atoms with Gasteiger partial charge >= 0.3 is 0 Å². The van der Waals surface area contributed by atoms with Crippen LogP contribution in [0.15, 0.2) is 18.2 Å². The quantitative estimate of drug-likeness (QED) is 0.821. The van der Waals surface area contributed by atoms with Gasteiger partial charge in [-0.3, -0.25) is 4.90 Å². The van der Waals surface area contributed by atoms with Crippen LogP contribution >= 0.6 is 0 Å². The number of aliphatic hydroxyl groups excluding tert-OH is 1. The SMILES string of the molecule is CCN(CC(O)c1ccc(OC)cc1OC)C1CC1.